The molecule has 3 atom stereocenters. The zero-order valence-corrected chi connectivity index (χ0v) is 10.9. The Morgan fingerprint density at radius 2 is 2.24 bits per heavy atom. The van der Waals surface area contributed by atoms with E-state index in [2.05, 4.69) is 28.3 Å². The molecule has 0 aromatic rings. The van der Waals surface area contributed by atoms with Crippen LogP contribution in [0.4, 0.5) is 0 Å². The standard InChI is InChI=1S/C13H26N4/c1-2-3-6-9-14-16-13-12-8-5-4-7-11(12)10-15-17-13/h9,11-13,15-17H,2-8,10H2,1H3/b14-9-. The summed E-state index contributed by atoms with van der Waals surface area (Å²) < 4.78 is 0. The van der Waals surface area contributed by atoms with Gasteiger partial charge in [0, 0.05) is 12.8 Å². The topological polar surface area (TPSA) is 48.5 Å². The third kappa shape index (κ3) is 3.68. The van der Waals surface area contributed by atoms with E-state index in [1.165, 1.54) is 38.5 Å². The minimum Gasteiger partial charge on any atom is -0.292 e. The Morgan fingerprint density at radius 3 is 3.12 bits per heavy atom. The molecule has 1 aliphatic heterocycles. The van der Waals surface area contributed by atoms with E-state index in [4.69, 9.17) is 0 Å². The molecule has 0 bridgehead atoms. The highest BCUT2D eigenvalue weighted by Gasteiger charge is 2.34. The second-order valence-electron chi connectivity index (χ2n) is 5.29. The van der Waals surface area contributed by atoms with Crippen LogP contribution in [0.15, 0.2) is 5.10 Å². The molecule has 0 aromatic heterocycles. The molecule has 0 spiro atoms. The van der Waals surface area contributed by atoms with Crippen molar-refractivity contribution in [2.24, 2.45) is 16.9 Å². The maximum absolute atomic E-state index is 4.35. The van der Waals surface area contributed by atoms with E-state index in [1.54, 1.807) is 0 Å². The number of hydrazine groups is 1. The second kappa shape index (κ2) is 6.97. The molecular formula is C13H26N4. The van der Waals surface area contributed by atoms with Crippen LogP contribution in [0.1, 0.15) is 51.9 Å². The van der Waals surface area contributed by atoms with E-state index in [0.29, 0.717) is 6.17 Å². The lowest BCUT2D eigenvalue weighted by atomic mass is 9.77. The van der Waals surface area contributed by atoms with Crippen molar-refractivity contribution in [2.75, 3.05) is 6.54 Å². The summed E-state index contributed by atoms with van der Waals surface area (Å²) in [7, 11) is 0. The van der Waals surface area contributed by atoms with Crippen LogP contribution in [0.3, 0.4) is 0 Å². The lowest BCUT2D eigenvalue weighted by Crippen LogP contribution is -2.60. The molecule has 2 aliphatic rings. The van der Waals surface area contributed by atoms with E-state index < -0.39 is 0 Å². The van der Waals surface area contributed by atoms with Gasteiger partial charge in [-0.3, -0.25) is 10.9 Å². The number of unbranched alkanes of at least 4 members (excludes halogenated alkanes) is 2. The zero-order chi connectivity index (χ0) is 11.9. The lowest BCUT2D eigenvalue weighted by molar-refractivity contribution is 0.0996. The van der Waals surface area contributed by atoms with Crippen LogP contribution in [-0.2, 0) is 0 Å². The molecule has 0 radical (unpaired) electrons. The van der Waals surface area contributed by atoms with Crippen molar-refractivity contribution in [3.63, 3.8) is 0 Å². The first-order valence-corrected chi connectivity index (χ1v) is 7.17. The van der Waals surface area contributed by atoms with Crippen molar-refractivity contribution in [2.45, 2.75) is 58.0 Å². The predicted octanol–water partition coefficient (Wildman–Crippen LogP) is 1.99. The summed E-state index contributed by atoms with van der Waals surface area (Å²) in [4.78, 5) is 0. The van der Waals surface area contributed by atoms with Crippen molar-refractivity contribution in [1.29, 1.82) is 0 Å². The highest BCUT2D eigenvalue weighted by atomic mass is 15.5. The molecule has 17 heavy (non-hydrogen) atoms. The van der Waals surface area contributed by atoms with Gasteiger partial charge >= 0.3 is 0 Å². The highest BCUT2D eigenvalue weighted by molar-refractivity contribution is 5.56. The number of nitrogens with one attached hydrogen (secondary N) is 3. The Balaban J connectivity index is 1.76. The number of rotatable bonds is 5. The van der Waals surface area contributed by atoms with Crippen LogP contribution >= 0.6 is 0 Å². The van der Waals surface area contributed by atoms with Gasteiger partial charge in [0.25, 0.3) is 0 Å². The minimum absolute atomic E-state index is 0.312. The second-order valence-corrected chi connectivity index (χ2v) is 5.29. The van der Waals surface area contributed by atoms with Crippen molar-refractivity contribution >= 4 is 6.21 Å². The minimum atomic E-state index is 0.312. The van der Waals surface area contributed by atoms with Gasteiger partial charge in [-0.15, -0.1) is 0 Å². The number of hydrogen-bond acceptors (Lipinski definition) is 4. The van der Waals surface area contributed by atoms with Crippen LogP contribution in [-0.4, -0.2) is 18.9 Å². The van der Waals surface area contributed by atoms with Gasteiger partial charge in [0.05, 0.1) is 0 Å². The maximum Gasteiger partial charge on any atom is 0.109 e. The fourth-order valence-electron chi connectivity index (χ4n) is 2.96. The Morgan fingerprint density at radius 1 is 1.35 bits per heavy atom. The number of nitrogens with zero attached hydrogens (tertiary/aromatic N) is 1. The molecule has 3 N–H and O–H groups in total. The molecule has 1 aliphatic carbocycles. The zero-order valence-electron chi connectivity index (χ0n) is 10.9. The Labute approximate surface area is 105 Å². The van der Waals surface area contributed by atoms with Crippen LogP contribution in [0.2, 0.25) is 0 Å². The van der Waals surface area contributed by atoms with Crippen molar-refractivity contribution in [3.8, 4) is 0 Å². The third-order valence-electron chi connectivity index (χ3n) is 4.01. The predicted molar refractivity (Wildman–Crippen MR) is 71.5 cm³/mol. The van der Waals surface area contributed by atoms with Gasteiger partial charge in [-0.05, 0) is 37.5 Å². The largest absolute Gasteiger partial charge is 0.292 e. The average Bonchev–Trinajstić information content (AvgIpc) is 2.39. The fourth-order valence-corrected chi connectivity index (χ4v) is 2.96. The van der Waals surface area contributed by atoms with Crippen molar-refractivity contribution in [1.82, 2.24) is 16.3 Å². The summed E-state index contributed by atoms with van der Waals surface area (Å²) in [5.41, 5.74) is 9.91. The molecule has 0 amide bonds. The summed E-state index contributed by atoms with van der Waals surface area (Å²) in [6.45, 7) is 3.32. The summed E-state index contributed by atoms with van der Waals surface area (Å²) in [6, 6.07) is 0. The van der Waals surface area contributed by atoms with E-state index in [1.807, 2.05) is 6.21 Å². The monoisotopic (exact) mass is 238 g/mol. The molecule has 0 aromatic carbocycles. The van der Waals surface area contributed by atoms with Gasteiger partial charge < -0.3 is 0 Å². The molecule has 1 saturated heterocycles. The van der Waals surface area contributed by atoms with Crippen LogP contribution in [0.25, 0.3) is 0 Å². The molecule has 4 heteroatoms. The number of hydrazone groups is 1. The van der Waals surface area contributed by atoms with Gasteiger partial charge in [0.2, 0.25) is 0 Å². The van der Waals surface area contributed by atoms with Crippen molar-refractivity contribution < 1.29 is 0 Å². The normalized spacial score (nSPS) is 33.6. The quantitative estimate of drug-likeness (QED) is 0.390. The Bertz CT molecular complexity index is 240. The molecule has 1 saturated carbocycles. The van der Waals surface area contributed by atoms with Gasteiger partial charge in [-0.25, -0.2) is 5.43 Å². The van der Waals surface area contributed by atoms with Crippen LogP contribution in [0, 0.1) is 11.8 Å². The van der Waals surface area contributed by atoms with Gasteiger partial charge in [-0.1, -0.05) is 26.2 Å². The first-order chi connectivity index (χ1) is 8.42. The third-order valence-corrected chi connectivity index (χ3v) is 4.01. The average molecular weight is 238 g/mol. The van der Waals surface area contributed by atoms with Crippen LogP contribution in [0.5, 0.6) is 0 Å². The summed E-state index contributed by atoms with van der Waals surface area (Å²) in [6.07, 6.45) is 11.4. The van der Waals surface area contributed by atoms with E-state index in [-0.39, 0.29) is 0 Å². The highest BCUT2D eigenvalue weighted by Crippen LogP contribution is 2.32. The molecule has 3 unspecified atom stereocenters. The van der Waals surface area contributed by atoms with Gasteiger partial charge in [0.1, 0.15) is 6.17 Å². The molecule has 4 nitrogen and oxygen atoms in total. The van der Waals surface area contributed by atoms with Gasteiger partial charge in [0.15, 0.2) is 0 Å². The van der Waals surface area contributed by atoms with Gasteiger partial charge in [-0.2, -0.15) is 5.10 Å². The molecule has 2 fully saturated rings. The SMILES string of the molecule is CCCC/C=N\NC1NNCC2CCCCC21. The summed E-state index contributed by atoms with van der Waals surface area (Å²) >= 11 is 0. The number of fused-ring (bicyclic) bond motifs is 1. The van der Waals surface area contributed by atoms with Crippen molar-refractivity contribution in [3.05, 3.63) is 0 Å². The van der Waals surface area contributed by atoms with Crippen LogP contribution < -0.4 is 16.3 Å². The summed E-state index contributed by atoms with van der Waals surface area (Å²) in [5.74, 6) is 1.57. The smallest absolute Gasteiger partial charge is 0.109 e. The number of hydrogen-bond donors (Lipinski definition) is 3. The molecule has 2 rings (SSSR count). The molecule has 1 heterocycles. The first kappa shape index (κ1) is 12.8. The maximum atomic E-state index is 4.35. The summed E-state index contributed by atoms with van der Waals surface area (Å²) in [5, 5.41) is 4.35. The Hall–Kier alpha value is -0.610. The molecule has 98 valence electrons. The lowest BCUT2D eigenvalue weighted by Gasteiger charge is -2.41. The van der Waals surface area contributed by atoms with E-state index in [0.717, 1.165) is 24.8 Å². The Kier molecular flexibility index (Phi) is 5.26. The molecular weight excluding hydrogens is 212 g/mol. The fraction of sp³-hybridized carbons (Fsp3) is 0.923. The first-order valence-electron chi connectivity index (χ1n) is 7.17. The van der Waals surface area contributed by atoms with E-state index in [9.17, 15) is 0 Å². The van der Waals surface area contributed by atoms with E-state index >= 15 is 0 Å².